The zero-order chi connectivity index (χ0) is 21.0. The Bertz CT molecular complexity index is 810. The molecule has 0 aliphatic carbocycles. The Morgan fingerprint density at radius 3 is 2.69 bits per heavy atom. The number of hydrogen-bond donors (Lipinski definition) is 0. The Kier molecular flexibility index (Phi) is 7.34. The third-order valence-electron chi connectivity index (χ3n) is 5.92. The first-order valence-electron chi connectivity index (χ1n) is 10.5. The lowest BCUT2D eigenvalue weighted by atomic mass is 9.99. The van der Waals surface area contributed by atoms with E-state index < -0.39 is 0 Å². The van der Waals surface area contributed by atoms with Gasteiger partial charge in [0.2, 0.25) is 5.91 Å². The predicted molar refractivity (Wildman–Crippen MR) is 113 cm³/mol. The number of nitrogens with zero attached hydrogens (tertiary/aromatic N) is 7. The third kappa shape index (κ3) is 5.60. The molecule has 1 amide bonds. The lowest BCUT2D eigenvalue weighted by Crippen LogP contribution is -2.33. The molecule has 29 heavy (non-hydrogen) atoms. The van der Waals surface area contributed by atoms with Crippen LogP contribution in [0.25, 0.3) is 0 Å². The summed E-state index contributed by atoms with van der Waals surface area (Å²) in [5.41, 5.74) is 1.00. The van der Waals surface area contributed by atoms with Crippen molar-refractivity contribution in [3.05, 3.63) is 21.4 Å². The number of aryl methyl sites for hydroxylation is 3. The number of amides is 1. The van der Waals surface area contributed by atoms with Gasteiger partial charge in [0.25, 0.3) is 0 Å². The molecule has 1 saturated heterocycles. The Balaban J connectivity index is 1.48. The van der Waals surface area contributed by atoms with E-state index in [1.165, 1.54) is 17.7 Å². The number of carbonyl (C=O) groups is 1. The van der Waals surface area contributed by atoms with Gasteiger partial charge in [0.05, 0.1) is 23.3 Å². The third-order valence-corrected chi connectivity index (χ3v) is 6.82. The summed E-state index contributed by atoms with van der Waals surface area (Å²) in [7, 11) is 1.86. The minimum atomic E-state index is -0.0162. The molecule has 0 N–H and O–H groups in total. The fourth-order valence-electron chi connectivity index (χ4n) is 3.82. The van der Waals surface area contributed by atoms with Gasteiger partial charge in [0, 0.05) is 24.9 Å². The molecule has 1 aliphatic heterocycles. The van der Waals surface area contributed by atoms with Crippen molar-refractivity contribution in [3.63, 3.8) is 0 Å². The summed E-state index contributed by atoms with van der Waals surface area (Å²) in [4.78, 5) is 22.7. The van der Waals surface area contributed by atoms with Crippen molar-refractivity contribution in [1.29, 1.82) is 0 Å². The van der Waals surface area contributed by atoms with Gasteiger partial charge in [-0.2, -0.15) is 0 Å². The number of likely N-dealkylation sites (tertiary alicyclic amines) is 1. The van der Waals surface area contributed by atoms with E-state index in [1.807, 2.05) is 25.6 Å². The fraction of sp³-hybridized carbons (Fsp3) is 0.750. The second kappa shape index (κ2) is 9.75. The van der Waals surface area contributed by atoms with Crippen LogP contribution in [-0.4, -0.2) is 61.0 Å². The molecule has 3 rings (SSSR count). The predicted octanol–water partition coefficient (Wildman–Crippen LogP) is 2.98. The van der Waals surface area contributed by atoms with Crippen molar-refractivity contribution >= 4 is 17.2 Å². The van der Waals surface area contributed by atoms with Gasteiger partial charge in [-0.15, -0.1) is 16.4 Å². The standard InChI is InChI=1S/C20H33N7OS/c1-14-8-11-26(12-9-14)13-18-22-23-24-27(18)10-6-7-19(28)25(5)15(2)20-16(3)29-17(4)21-20/h14-15H,6-13H2,1-5H3/t15-/m0/s1. The summed E-state index contributed by atoms with van der Waals surface area (Å²) in [5, 5.41) is 13.2. The number of piperidine rings is 1. The number of rotatable bonds is 8. The number of thiazole rings is 1. The van der Waals surface area contributed by atoms with Gasteiger partial charge in [-0.25, -0.2) is 9.67 Å². The number of aromatic nitrogens is 5. The minimum Gasteiger partial charge on any atom is -0.337 e. The second-order valence-electron chi connectivity index (χ2n) is 8.24. The summed E-state index contributed by atoms with van der Waals surface area (Å²) < 4.78 is 1.85. The van der Waals surface area contributed by atoms with Crippen LogP contribution < -0.4 is 0 Å². The molecule has 1 atom stereocenters. The maximum absolute atomic E-state index is 12.7. The van der Waals surface area contributed by atoms with E-state index in [4.69, 9.17) is 0 Å². The molecule has 0 unspecified atom stereocenters. The second-order valence-corrected chi connectivity index (χ2v) is 9.64. The largest absolute Gasteiger partial charge is 0.337 e. The van der Waals surface area contributed by atoms with E-state index in [9.17, 15) is 4.79 Å². The SMILES string of the molecule is Cc1nc([C@H](C)N(C)C(=O)CCCn2nnnc2CN2CCC(C)CC2)c(C)s1. The average molecular weight is 420 g/mol. The van der Waals surface area contributed by atoms with E-state index in [0.29, 0.717) is 13.0 Å². The highest BCUT2D eigenvalue weighted by Gasteiger charge is 2.22. The van der Waals surface area contributed by atoms with Gasteiger partial charge in [-0.1, -0.05) is 6.92 Å². The molecular formula is C20H33N7OS. The highest BCUT2D eigenvalue weighted by Crippen LogP contribution is 2.26. The summed E-state index contributed by atoms with van der Waals surface area (Å²) in [6.07, 6.45) is 3.67. The van der Waals surface area contributed by atoms with Crippen LogP contribution in [-0.2, 0) is 17.9 Å². The van der Waals surface area contributed by atoms with Crippen LogP contribution in [0.5, 0.6) is 0 Å². The molecule has 160 valence electrons. The highest BCUT2D eigenvalue weighted by atomic mass is 32.1. The van der Waals surface area contributed by atoms with Crippen LogP contribution in [0.2, 0.25) is 0 Å². The van der Waals surface area contributed by atoms with E-state index in [0.717, 1.165) is 48.5 Å². The summed E-state index contributed by atoms with van der Waals surface area (Å²) in [6, 6.07) is -0.0162. The van der Waals surface area contributed by atoms with Crippen molar-refractivity contribution in [2.45, 2.75) is 72.5 Å². The van der Waals surface area contributed by atoms with Crippen molar-refractivity contribution in [2.24, 2.45) is 5.92 Å². The van der Waals surface area contributed by atoms with Crippen LogP contribution in [0.15, 0.2) is 0 Å². The number of carbonyl (C=O) groups excluding carboxylic acids is 1. The zero-order valence-corrected chi connectivity index (χ0v) is 19.1. The molecule has 3 heterocycles. The van der Waals surface area contributed by atoms with Crippen LogP contribution >= 0.6 is 11.3 Å². The van der Waals surface area contributed by atoms with Crippen molar-refractivity contribution < 1.29 is 4.79 Å². The van der Waals surface area contributed by atoms with Crippen molar-refractivity contribution in [3.8, 4) is 0 Å². The molecule has 0 aromatic carbocycles. The van der Waals surface area contributed by atoms with E-state index in [1.54, 1.807) is 16.2 Å². The Morgan fingerprint density at radius 1 is 1.31 bits per heavy atom. The maximum atomic E-state index is 12.7. The lowest BCUT2D eigenvalue weighted by Gasteiger charge is -2.29. The van der Waals surface area contributed by atoms with Gasteiger partial charge < -0.3 is 4.90 Å². The van der Waals surface area contributed by atoms with Crippen LogP contribution in [0.1, 0.15) is 67.0 Å². The van der Waals surface area contributed by atoms with Crippen molar-refractivity contribution in [1.82, 2.24) is 35.0 Å². The Labute approximate surface area is 177 Å². The van der Waals surface area contributed by atoms with Crippen LogP contribution in [0, 0.1) is 19.8 Å². The molecule has 8 nitrogen and oxygen atoms in total. The summed E-state index contributed by atoms with van der Waals surface area (Å²) >= 11 is 1.68. The molecule has 9 heteroatoms. The molecule has 1 aliphatic rings. The van der Waals surface area contributed by atoms with Gasteiger partial charge in [0.15, 0.2) is 5.82 Å². The van der Waals surface area contributed by atoms with E-state index in [2.05, 4.69) is 39.3 Å². The van der Waals surface area contributed by atoms with Crippen LogP contribution in [0.3, 0.4) is 0 Å². The first-order chi connectivity index (χ1) is 13.8. The van der Waals surface area contributed by atoms with Crippen LogP contribution in [0.4, 0.5) is 0 Å². The van der Waals surface area contributed by atoms with Gasteiger partial charge >= 0.3 is 0 Å². The van der Waals surface area contributed by atoms with Crippen molar-refractivity contribution in [2.75, 3.05) is 20.1 Å². The van der Waals surface area contributed by atoms with Gasteiger partial charge in [-0.3, -0.25) is 9.69 Å². The van der Waals surface area contributed by atoms with E-state index in [-0.39, 0.29) is 11.9 Å². The molecule has 0 bridgehead atoms. The zero-order valence-electron chi connectivity index (χ0n) is 18.3. The normalized spacial score (nSPS) is 16.9. The average Bonchev–Trinajstić information content (AvgIpc) is 3.27. The topological polar surface area (TPSA) is 80.0 Å². The smallest absolute Gasteiger partial charge is 0.222 e. The van der Waals surface area contributed by atoms with Gasteiger partial charge in [0.1, 0.15) is 0 Å². The monoisotopic (exact) mass is 419 g/mol. The molecule has 2 aromatic heterocycles. The molecule has 2 aromatic rings. The Morgan fingerprint density at radius 2 is 2.03 bits per heavy atom. The van der Waals surface area contributed by atoms with Gasteiger partial charge in [-0.05, 0) is 69.5 Å². The first-order valence-corrected chi connectivity index (χ1v) is 11.3. The van der Waals surface area contributed by atoms with E-state index >= 15 is 0 Å². The highest BCUT2D eigenvalue weighted by molar-refractivity contribution is 7.11. The molecular weight excluding hydrogens is 386 g/mol. The number of hydrogen-bond acceptors (Lipinski definition) is 7. The number of tetrazole rings is 1. The summed E-state index contributed by atoms with van der Waals surface area (Å²) in [6.45, 7) is 12.1. The summed E-state index contributed by atoms with van der Waals surface area (Å²) in [5.74, 6) is 1.83. The lowest BCUT2D eigenvalue weighted by molar-refractivity contribution is -0.132. The minimum absolute atomic E-state index is 0.0162. The first kappa shape index (κ1) is 21.8. The fourth-order valence-corrected chi connectivity index (χ4v) is 4.73. The molecule has 0 radical (unpaired) electrons. The molecule has 1 fully saturated rings. The molecule has 0 saturated carbocycles. The molecule has 0 spiro atoms. The quantitative estimate of drug-likeness (QED) is 0.654. The Hall–Kier alpha value is -1.87. The maximum Gasteiger partial charge on any atom is 0.222 e.